The number of unbranched alkanes of at least 4 members (excludes halogenated alkanes) is 1. The summed E-state index contributed by atoms with van der Waals surface area (Å²) in [7, 11) is 1.96. The fraction of sp³-hybridized carbons (Fsp3) is 0.385. The minimum atomic E-state index is -0.634. The van der Waals surface area contributed by atoms with E-state index in [1.807, 2.05) is 44.3 Å². The van der Waals surface area contributed by atoms with Crippen LogP contribution in [-0.4, -0.2) is 48.4 Å². The average Bonchev–Trinajstić information content (AvgIpc) is 3.07. The largest absolute Gasteiger partial charge is 0.507 e. The normalized spacial score (nSPS) is 19.8. The number of amides is 1. The van der Waals surface area contributed by atoms with Gasteiger partial charge in [0, 0.05) is 19.2 Å². The predicted octanol–water partition coefficient (Wildman–Crippen LogP) is 4.30. The number of nitrogens with zero attached hydrogens (tertiary/aromatic N) is 2. The van der Waals surface area contributed by atoms with Crippen molar-refractivity contribution in [1.82, 2.24) is 4.90 Å². The van der Waals surface area contributed by atoms with E-state index < -0.39 is 17.7 Å². The summed E-state index contributed by atoms with van der Waals surface area (Å²) in [5.41, 5.74) is 3.51. The zero-order valence-corrected chi connectivity index (χ0v) is 18.9. The topological polar surface area (TPSA) is 70.1 Å². The van der Waals surface area contributed by atoms with E-state index in [2.05, 4.69) is 11.8 Å². The summed E-state index contributed by atoms with van der Waals surface area (Å²) in [4.78, 5) is 29.7. The number of ketones is 1. The quantitative estimate of drug-likeness (QED) is 0.417. The molecule has 6 heteroatoms. The molecule has 0 spiro atoms. The fourth-order valence-electron chi connectivity index (χ4n) is 4.37. The number of likely N-dealkylation sites (tertiary alicyclic amines) is 1. The first kappa shape index (κ1) is 21.9. The second kappa shape index (κ2) is 9.07. The molecule has 1 unspecified atom stereocenters. The van der Waals surface area contributed by atoms with Crippen LogP contribution in [0.25, 0.3) is 5.76 Å². The van der Waals surface area contributed by atoms with Gasteiger partial charge in [-0.25, -0.2) is 0 Å². The van der Waals surface area contributed by atoms with Gasteiger partial charge in [-0.1, -0.05) is 44.5 Å². The minimum Gasteiger partial charge on any atom is -0.507 e. The summed E-state index contributed by atoms with van der Waals surface area (Å²) in [6, 6.07) is 12.7. The standard InChI is InChI=1S/C26H30N2O4/c1-4-6-13-28-23(18-9-7-17(5-2)8-10-18)22(25(30)26(28)31)24(29)19-11-12-21-20(16-19)27(3)14-15-32-21/h7-12,16,23,29H,4-6,13-15H2,1-3H3/b24-22-. The Morgan fingerprint density at radius 1 is 1.12 bits per heavy atom. The summed E-state index contributed by atoms with van der Waals surface area (Å²) in [5, 5.41) is 11.3. The molecule has 0 aliphatic carbocycles. The number of likely N-dealkylation sites (N-methyl/N-ethyl adjacent to an activating group) is 1. The third-order valence-electron chi connectivity index (χ3n) is 6.32. The lowest BCUT2D eigenvalue weighted by Crippen LogP contribution is -2.30. The van der Waals surface area contributed by atoms with Crippen LogP contribution in [0.2, 0.25) is 0 Å². The zero-order chi connectivity index (χ0) is 22.8. The summed E-state index contributed by atoms with van der Waals surface area (Å²) in [5.74, 6) is -0.590. The van der Waals surface area contributed by atoms with Crippen molar-refractivity contribution in [3.63, 3.8) is 0 Å². The van der Waals surface area contributed by atoms with Crippen LogP contribution < -0.4 is 9.64 Å². The Labute approximate surface area is 189 Å². The third-order valence-corrected chi connectivity index (χ3v) is 6.32. The highest BCUT2D eigenvalue weighted by Gasteiger charge is 2.45. The van der Waals surface area contributed by atoms with Gasteiger partial charge in [0.05, 0.1) is 23.8 Å². The van der Waals surface area contributed by atoms with Gasteiger partial charge in [-0.15, -0.1) is 0 Å². The van der Waals surface area contributed by atoms with Gasteiger partial charge in [-0.05, 0) is 42.2 Å². The minimum absolute atomic E-state index is 0.145. The molecular formula is C26H30N2O4. The molecule has 2 aromatic rings. The number of fused-ring (bicyclic) bond motifs is 1. The van der Waals surface area contributed by atoms with Crippen LogP contribution in [0.1, 0.15) is 49.4 Å². The molecule has 2 aromatic carbocycles. The van der Waals surface area contributed by atoms with Crippen LogP contribution in [0.5, 0.6) is 5.75 Å². The van der Waals surface area contributed by atoms with Gasteiger partial charge in [0.25, 0.3) is 11.7 Å². The monoisotopic (exact) mass is 434 g/mol. The van der Waals surface area contributed by atoms with Gasteiger partial charge in [-0.2, -0.15) is 0 Å². The van der Waals surface area contributed by atoms with Crippen molar-refractivity contribution < 1.29 is 19.4 Å². The lowest BCUT2D eigenvalue weighted by Gasteiger charge is -2.28. The highest BCUT2D eigenvalue weighted by atomic mass is 16.5. The van der Waals surface area contributed by atoms with E-state index in [0.29, 0.717) is 18.7 Å². The first-order chi connectivity index (χ1) is 15.5. The van der Waals surface area contributed by atoms with Gasteiger partial charge in [-0.3, -0.25) is 9.59 Å². The van der Waals surface area contributed by atoms with Gasteiger partial charge in [0.15, 0.2) is 0 Å². The highest BCUT2D eigenvalue weighted by Crippen LogP contribution is 2.41. The molecule has 6 nitrogen and oxygen atoms in total. The molecule has 168 valence electrons. The van der Waals surface area contributed by atoms with Crippen molar-refractivity contribution in [2.24, 2.45) is 0 Å². The van der Waals surface area contributed by atoms with Crippen LogP contribution >= 0.6 is 0 Å². The number of carbonyl (C=O) groups excluding carboxylic acids is 2. The molecule has 0 saturated carbocycles. The molecule has 0 radical (unpaired) electrons. The first-order valence-corrected chi connectivity index (χ1v) is 11.3. The maximum Gasteiger partial charge on any atom is 0.295 e. The number of hydrogen-bond acceptors (Lipinski definition) is 5. The summed E-state index contributed by atoms with van der Waals surface area (Å²) in [6.45, 7) is 5.94. The van der Waals surface area contributed by atoms with E-state index in [4.69, 9.17) is 4.74 Å². The number of rotatable bonds is 6. The number of aliphatic hydroxyl groups is 1. The molecule has 2 aliphatic rings. The van der Waals surface area contributed by atoms with Gasteiger partial charge >= 0.3 is 0 Å². The molecule has 4 rings (SSSR count). The highest BCUT2D eigenvalue weighted by molar-refractivity contribution is 6.46. The van der Waals surface area contributed by atoms with Crippen molar-refractivity contribution in [3.8, 4) is 5.75 Å². The Morgan fingerprint density at radius 2 is 1.88 bits per heavy atom. The molecule has 2 aliphatic heterocycles. The van der Waals surface area contributed by atoms with Gasteiger partial charge in [0.2, 0.25) is 0 Å². The first-order valence-electron chi connectivity index (χ1n) is 11.3. The van der Waals surface area contributed by atoms with Gasteiger partial charge in [0.1, 0.15) is 18.1 Å². The predicted molar refractivity (Wildman–Crippen MR) is 125 cm³/mol. The maximum atomic E-state index is 13.1. The Morgan fingerprint density at radius 3 is 2.56 bits per heavy atom. The van der Waals surface area contributed by atoms with Crippen molar-refractivity contribution in [2.75, 3.05) is 31.6 Å². The Kier molecular flexibility index (Phi) is 6.21. The molecule has 1 fully saturated rings. The second-order valence-electron chi connectivity index (χ2n) is 8.39. The SMILES string of the molecule is CCCCN1C(=O)C(=O)/C(=C(\O)c2ccc3c(c2)N(C)CCO3)C1c1ccc(CC)cc1. The number of aryl methyl sites for hydroxylation is 1. The van der Waals surface area contributed by atoms with E-state index in [9.17, 15) is 14.7 Å². The average molecular weight is 435 g/mol. The molecule has 2 heterocycles. The summed E-state index contributed by atoms with van der Waals surface area (Å²) in [6.07, 6.45) is 2.60. The van der Waals surface area contributed by atoms with Crippen molar-refractivity contribution >= 4 is 23.1 Å². The number of anilines is 1. The number of carbonyl (C=O) groups is 2. The molecule has 1 amide bonds. The molecule has 0 bridgehead atoms. The lowest BCUT2D eigenvalue weighted by molar-refractivity contribution is -0.139. The number of Topliss-reactive ketones (excluding diaryl/α,β-unsaturated/α-hetero) is 1. The fourth-order valence-corrected chi connectivity index (χ4v) is 4.37. The molecular weight excluding hydrogens is 404 g/mol. The van der Waals surface area contributed by atoms with Crippen molar-refractivity contribution in [2.45, 2.75) is 39.2 Å². The summed E-state index contributed by atoms with van der Waals surface area (Å²) < 4.78 is 5.70. The van der Waals surface area contributed by atoms with Crippen molar-refractivity contribution in [3.05, 3.63) is 64.7 Å². The van der Waals surface area contributed by atoms with Crippen LogP contribution in [0.4, 0.5) is 5.69 Å². The Bertz CT molecular complexity index is 1060. The number of ether oxygens (including phenoxy) is 1. The van der Waals surface area contributed by atoms with Gasteiger partial charge < -0.3 is 19.6 Å². The van der Waals surface area contributed by atoms with E-state index in [0.717, 1.165) is 42.8 Å². The van der Waals surface area contributed by atoms with Crippen LogP contribution in [0.15, 0.2) is 48.0 Å². The Balaban J connectivity index is 1.83. The van der Waals surface area contributed by atoms with Crippen LogP contribution in [0, 0.1) is 0 Å². The maximum absolute atomic E-state index is 13.1. The second-order valence-corrected chi connectivity index (χ2v) is 8.39. The smallest absolute Gasteiger partial charge is 0.295 e. The molecule has 32 heavy (non-hydrogen) atoms. The van der Waals surface area contributed by atoms with Crippen LogP contribution in [-0.2, 0) is 16.0 Å². The number of hydrogen-bond donors (Lipinski definition) is 1. The van der Waals surface area contributed by atoms with E-state index in [-0.39, 0.29) is 11.3 Å². The zero-order valence-electron chi connectivity index (χ0n) is 18.9. The van der Waals surface area contributed by atoms with E-state index >= 15 is 0 Å². The Hall–Kier alpha value is -3.28. The van der Waals surface area contributed by atoms with E-state index in [1.54, 1.807) is 17.0 Å². The molecule has 1 N–H and O–H groups in total. The summed E-state index contributed by atoms with van der Waals surface area (Å²) >= 11 is 0. The number of aliphatic hydroxyl groups excluding tert-OH is 1. The van der Waals surface area contributed by atoms with Crippen LogP contribution in [0.3, 0.4) is 0 Å². The molecule has 0 aromatic heterocycles. The molecule has 1 atom stereocenters. The lowest BCUT2D eigenvalue weighted by atomic mass is 9.94. The number of benzene rings is 2. The third kappa shape index (κ3) is 3.85. The van der Waals surface area contributed by atoms with E-state index in [1.165, 1.54) is 5.56 Å². The molecule has 1 saturated heterocycles. The van der Waals surface area contributed by atoms with Crippen molar-refractivity contribution in [1.29, 1.82) is 0 Å².